The zero-order chi connectivity index (χ0) is 14.5. The van der Waals surface area contributed by atoms with Crippen LogP contribution >= 0.6 is 0 Å². The Kier molecular flexibility index (Phi) is 4.11. The highest BCUT2D eigenvalue weighted by molar-refractivity contribution is 5.92. The van der Waals surface area contributed by atoms with Crippen LogP contribution < -0.4 is 15.2 Å². The quantitative estimate of drug-likeness (QED) is 0.838. The van der Waals surface area contributed by atoms with Gasteiger partial charge < -0.3 is 20.3 Å². The molecule has 0 atom stereocenters. The van der Waals surface area contributed by atoms with E-state index in [2.05, 4.69) is 9.97 Å². The van der Waals surface area contributed by atoms with Crippen molar-refractivity contribution in [3.8, 4) is 17.4 Å². The first-order valence-corrected chi connectivity index (χ1v) is 5.72. The van der Waals surface area contributed by atoms with Crippen molar-refractivity contribution in [2.24, 2.45) is 5.73 Å². The number of aliphatic hydroxyl groups excluding tert-OH is 1. The van der Waals surface area contributed by atoms with Gasteiger partial charge in [-0.2, -0.15) is 0 Å². The molecule has 1 amide bonds. The number of benzene rings is 1. The highest BCUT2D eigenvalue weighted by Gasteiger charge is 2.15. The number of hydrogen-bond donors (Lipinski definition) is 2. The van der Waals surface area contributed by atoms with Gasteiger partial charge in [-0.1, -0.05) is 6.07 Å². The second-order valence-electron chi connectivity index (χ2n) is 3.82. The molecule has 0 saturated carbocycles. The third-order valence-corrected chi connectivity index (χ3v) is 2.52. The molecule has 3 N–H and O–H groups in total. The van der Waals surface area contributed by atoms with E-state index in [1.165, 1.54) is 19.5 Å². The molecule has 1 aromatic carbocycles. The first kappa shape index (κ1) is 13.8. The second-order valence-corrected chi connectivity index (χ2v) is 3.82. The van der Waals surface area contributed by atoms with Crippen molar-refractivity contribution in [3.05, 3.63) is 41.9 Å². The molecule has 0 radical (unpaired) electrons. The average molecular weight is 275 g/mol. The van der Waals surface area contributed by atoms with Crippen LogP contribution in [0.3, 0.4) is 0 Å². The Bertz CT molecular complexity index is 631. The molecule has 0 spiro atoms. The van der Waals surface area contributed by atoms with Gasteiger partial charge in [0.15, 0.2) is 17.2 Å². The Morgan fingerprint density at radius 2 is 2.05 bits per heavy atom. The number of primary amides is 1. The van der Waals surface area contributed by atoms with Crippen molar-refractivity contribution in [2.45, 2.75) is 6.61 Å². The van der Waals surface area contributed by atoms with Crippen molar-refractivity contribution in [2.75, 3.05) is 7.11 Å². The maximum atomic E-state index is 11.2. The zero-order valence-electron chi connectivity index (χ0n) is 10.7. The summed E-state index contributed by atoms with van der Waals surface area (Å²) in [5, 5.41) is 9.08. The number of methoxy groups -OCH3 is 1. The summed E-state index contributed by atoms with van der Waals surface area (Å²) in [7, 11) is 1.47. The van der Waals surface area contributed by atoms with Crippen LogP contribution in [0.15, 0.2) is 30.6 Å². The van der Waals surface area contributed by atoms with E-state index < -0.39 is 5.91 Å². The molecule has 0 saturated heterocycles. The predicted octanol–water partition coefficient (Wildman–Crippen LogP) is 0.869. The Morgan fingerprint density at radius 1 is 1.30 bits per heavy atom. The maximum absolute atomic E-state index is 11.2. The monoisotopic (exact) mass is 275 g/mol. The number of ether oxygens (including phenoxy) is 2. The first-order valence-electron chi connectivity index (χ1n) is 5.72. The summed E-state index contributed by atoms with van der Waals surface area (Å²) in [5.74, 6) is -0.000540. The van der Waals surface area contributed by atoms with Gasteiger partial charge in [0, 0.05) is 12.4 Å². The molecule has 0 fully saturated rings. The number of nitrogens with zero attached hydrogens (tertiary/aromatic N) is 2. The van der Waals surface area contributed by atoms with E-state index in [-0.39, 0.29) is 18.2 Å². The summed E-state index contributed by atoms with van der Waals surface area (Å²) in [4.78, 5) is 19.0. The Labute approximate surface area is 115 Å². The lowest BCUT2D eigenvalue weighted by Crippen LogP contribution is -2.15. The molecule has 0 bridgehead atoms. The number of amides is 1. The summed E-state index contributed by atoms with van der Waals surface area (Å²) in [6.07, 6.45) is 2.73. The van der Waals surface area contributed by atoms with Crippen LogP contribution in [-0.4, -0.2) is 28.1 Å². The van der Waals surface area contributed by atoms with Gasteiger partial charge in [-0.05, 0) is 17.7 Å². The van der Waals surface area contributed by atoms with Crippen LogP contribution in [0.5, 0.6) is 17.4 Å². The van der Waals surface area contributed by atoms with E-state index in [0.717, 1.165) is 0 Å². The summed E-state index contributed by atoms with van der Waals surface area (Å²) in [6.45, 7) is -0.117. The van der Waals surface area contributed by atoms with Crippen LogP contribution in [0.25, 0.3) is 0 Å². The van der Waals surface area contributed by atoms with E-state index in [1.807, 2.05) is 0 Å². The Balaban J connectivity index is 2.37. The largest absolute Gasteiger partial charge is 0.493 e. The molecule has 2 rings (SSSR count). The van der Waals surface area contributed by atoms with Crippen molar-refractivity contribution in [3.63, 3.8) is 0 Å². The van der Waals surface area contributed by atoms with Gasteiger partial charge in [-0.3, -0.25) is 4.79 Å². The third kappa shape index (κ3) is 2.83. The standard InChI is InChI=1S/C13H13N3O4/c1-19-10-6-8(7-17)2-3-9(10)20-13-11(12(14)18)15-4-5-16-13/h2-6,17H,7H2,1H3,(H2,14,18). The van der Waals surface area contributed by atoms with Crippen molar-refractivity contribution in [1.29, 1.82) is 0 Å². The van der Waals surface area contributed by atoms with E-state index in [0.29, 0.717) is 17.1 Å². The van der Waals surface area contributed by atoms with Gasteiger partial charge >= 0.3 is 0 Å². The smallest absolute Gasteiger partial charge is 0.272 e. The minimum Gasteiger partial charge on any atom is -0.493 e. The van der Waals surface area contributed by atoms with Crippen molar-refractivity contribution < 1.29 is 19.4 Å². The molecule has 0 aliphatic rings. The SMILES string of the molecule is COc1cc(CO)ccc1Oc1nccnc1C(N)=O. The fraction of sp³-hybridized carbons (Fsp3) is 0.154. The third-order valence-electron chi connectivity index (χ3n) is 2.52. The molecule has 1 heterocycles. The number of nitrogens with two attached hydrogens (primary N) is 1. The normalized spacial score (nSPS) is 10.1. The average Bonchev–Trinajstić information content (AvgIpc) is 2.48. The van der Waals surface area contributed by atoms with Crippen LogP contribution in [0.2, 0.25) is 0 Å². The summed E-state index contributed by atoms with van der Waals surface area (Å²) >= 11 is 0. The molecule has 104 valence electrons. The van der Waals surface area contributed by atoms with E-state index >= 15 is 0 Å². The summed E-state index contributed by atoms with van der Waals surface area (Å²) < 4.78 is 10.7. The molecule has 7 heteroatoms. The summed E-state index contributed by atoms with van der Waals surface area (Å²) in [6, 6.07) is 4.89. The van der Waals surface area contributed by atoms with Crippen LogP contribution in [0, 0.1) is 0 Å². The molecule has 1 aromatic heterocycles. The topological polar surface area (TPSA) is 108 Å². The lowest BCUT2D eigenvalue weighted by atomic mass is 10.2. The molecule has 2 aromatic rings. The fourth-order valence-corrected chi connectivity index (χ4v) is 1.57. The van der Waals surface area contributed by atoms with E-state index in [1.54, 1.807) is 18.2 Å². The Hall–Kier alpha value is -2.67. The van der Waals surface area contributed by atoms with E-state index in [4.69, 9.17) is 20.3 Å². The lowest BCUT2D eigenvalue weighted by molar-refractivity contribution is 0.0992. The number of hydrogen-bond acceptors (Lipinski definition) is 6. The van der Waals surface area contributed by atoms with Crippen molar-refractivity contribution >= 4 is 5.91 Å². The molecule has 0 unspecified atom stereocenters. The molecular formula is C13H13N3O4. The molecule has 7 nitrogen and oxygen atoms in total. The maximum Gasteiger partial charge on any atom is 0.272 e. The fourth-order valence-electron chi connectivity index (χ4n) is 1.57. The Morgan fingerprint density at radius 3 is 2.70 bits per heavy atom. The minimum atomic E-state index is -0.737. The van der Waals surface area contributed by atoms with Gasteiger partial charge in [0.1, 0.15) is 0 Å². The highest BCUT2D eigenvalue weighted by Crippen LogP contribution is 2.32. The van der Waals surface area contributed by atoms with Crippen LogP contribution in [-0.2, 0) is 6.61 Å². The van der Waals surface area contributed by atoms with Crippen molar-refractivity contribution in [1.82, 2.24) is 9.97 Å². The highest BCUT2D eigenvalue weighted by atomic mass is 16.5. The predicted molar refractivity (Wildman–Crippen MR) is 69.5 cm³/mol. The van der Waals surface area contributed by atoms with Gasteiger partial charge in [-0.15, -0.1) is 0 Å². The minimum absolute atomic E-state index is 0.00458. The lowest BCUT2D eigenvalue weighted by Gasteiger charge is -2.11. The summed E-state index contributed by atoms with van der Waals surface area (Å²) in [5.41, 5.74) is 5.80. The number of aromatic nitrogens is 2. The number of aliphatic hydroxyl groups is 1. The van der Waals surface area contributed by atoms with Crippen LogP contribution in [0.4, 0.5) is 0 Å². The second kappa shape index (κ2) is 5.98. The van der Waals surface area contributed by atoms with Gasteiger partial charge in [0.25, 0.3) is 11.8 Å². The van der Waals surface area contributed by atoms with Gasteiger partial charge in [0.05, 0.1) is 13.7 Å². The number of carbonyl (C=O) groups is 1. The molecule has 0 aliphatic heterocycles. The molecule has 20 heavy (non-hydrogen) atoms. The molecule has 0 aliphatic carbocycles. The number of rotatable bonds is 5. The van der Waals surface area contributed by atoms with Gasteiger partial charge in [-0.25, -0.2) is 9.97 Å². The number of carbonyl (C=O) groups excluding carboxylic acids is 1. The van der Waals surface area contributed by atoms with E-state index in [9.17, 15) is 4.79 Å². The first-order chi connectivity index (χ1) is 9.65. The zero-order valence-corrected chi connectivity index (χ0v) is 10.7. The molecular weight excluding hydrogens is 262 g/mol. The van der Waals surface area contributed by atoms with Gasteiger partial charge in [0.2, 0.25) is 0 Å². The van der Waals surface area contributed by atoms with Crippen LogP contribution in [0.1, 0.15) is 16.1 Å².